The molecule has 0 saturated carbocycles. The molecule has 1 aromatic carbocycles. The second-order valence-electron chi connectivity index (χ2n) is 6.54. The van der Waals surface area contributed by atoms with E-state index in [1.165, 1.54) is 17.2 Å². The molecule has 2 heterocycles. The third-order valence-corrected chi connectivity index (χ3v) is 4.46. The van der Waals surface area contributed by atoms with Crippen LogP contribution in [0.1, 0.15) is 33.8 Å². The standard InChI is InChI=1S/C20H23N5O/c1-12-6-7-18(8-13(12)2)25-15(4)10-17(16(25)5)11-21-24-20-22-14(3)9-19(26)23-20/h6-11H,1-5H3,(H2,22,23,24,26)/b21-11-. The predicted molar refractivity (Wildman–Crippen MR) is 106 cm³/mol. The van der Waals surface area contributed by atoms with Gasteiger partial charge in [0.1, 0.15) is 0 Å². The Morgan fingerprint density at radius 2 is 1.85 bits per heavy atom. The van der Waals surface area contributed by atoms with Crippen LogP contribution < -0.4 is 11.0 Å². The average Bonchev–Trinajstić information content (AvgIpc) is 2.83. The highest BCUT2D eigenvalue weighted by Crippen LogP contribution is 2.21. The highest BCUT2D eigenvalue weighted by molar-refractivity contribution is 5.82. The molecule has 0 amide bonds. The summed E-state index contributed by atoms with van der Waals surface area (Å²) < 4.78 is 2.21. The van der Waals surface area contributed by atoms with E-state index in [1.54, 1.807) is 13.1 Å². The van der Waals surface area contributed by atoms with Crippen molar-refractivity contribution >= 4 is 12.2 Å². The Morgan fingerprint density at radius 1 is 1.08 bits per heavy atom. The van der Waals surface area contributed by atoms with Gasteiger partial charge in [0.05, 0.1) is 6.21 Å². The van der Waals surface area contributed by atoms with Crippen LogP contribution in [-0.2, 0) is 0 Å². The van der Waals surface area contributed by atoms with E-state index in [0.29, 0.717) is 11.6 Å². The molecule has 0 radical (unpaired) electrons. The monoisotopic (exact) mass is 349 g/mol. The van der Waals surface area contributed by atoms with Crippen LogP contribution in [-0.4, -0.2) is 20.7 Å². The highest BCUT2D eigenvalue weighted by Gasteiger charge is 2.10. The van der Waals surface area contributed by atoms with E-state index in [2.05, 4.69) is 77.0 Å². The molecule has 0 aliphatic heterocycles. The van der Waals surface area contributed by atoms with Gasteiger partial charge in [0.25, 0.3) is 5.56 Å². The third kappa shape index (κ3) is 3.59. The van der Waals surface area contributed by atoms with Crippen molar-refractivity contribution in [2.75, 3.05) is 5.43 Å². The number of H-pyrrole nitrogens is 1. The van der Waals surface area contributed by atoms with Gasteiger partial charge in [-0.1, -0.05) is 6.07 Å². The van der Waals surface area contributed by atoms with E-state index in [9.17, 15) is 4.79 Å². The van der Waals surface area contributed by atoms with Crippen LogP contribution in [0.3, 0.4) is 0 Å². The molecule has 0 unspecified atom stereocenters. The van der Waals surface area contributed by atoms with Gasteiger partial charge in [-0.15, -0.1) is 0 Å². The maximum absolute atomic E-state index is 11.5. The molecule has 2 N–H and O–H groups in total. The number of hydrazone groups is 1. The second-order valence-corrected chi connectivity index (χ2v) is 6.54. The molecular formula is C20H23N5O. The van der Waals surface area contributed by atoms with E-state index in [4.69, 9.17) is 0 Å². The van der Waals surface area contributed by atoms with Crippen LogP contribution in [0, 0.1) is 34.6 Å². The lowest BCUT2D eigenvalue weighted by atomic mass is 10.1. The maximum Gasteiger partial charge on any atom is 0.252 e. The molecule has 0 spiro atoms. The van der Waals surface area contributed by atoms with Gasteiger partial charge in [0, 0.05) is 34.4 Å². The van der Waals surface area contributed by atoms with E-state index in [1.807, 2.05) is 0 Å². The van der Waals surface area contributed by atoms with Gasteiger partial charge in [-0.2, -0.15) is 5.10 Å². The van der Waals surface area contributed by atoms with Crippen LogP contribution in [0.2, 0.25) is 0 Å². The highest BCUT2D eigenvalue weighted by atomic mass is 16.1. The summed E-state index contributed by atoms with van der Waals surface area (Å²) in [4.78, 5) is 18.3. The van der Waals surface area contributed by atoms with Gasteiger partial charge in [0.2, 0.25) is 5.95 Å². The van der Waals surface area contributed by atoms with E-state index >= 15 is 0 Å². The van der Waals surface area contributed by atoms with Crippen LogP contribution in [0.25, 0.3) is 5.69 Å². The molecule has 0 fully saturated rings. The number of hydrogen-bond donors (Lipinski definition) is 2. The van der Waals surface area contributed by atoms with Crippen molar-refractivity contribution in [2.24, 2.45) is 5.10 Å². The number of rotatable bonds is 4. The number of nitrogens with zero attached hydrogens (tertiary/aromatic N) is 3. The first-order valence-electron chi connectivity index (χ1n) is 8.49. The van der Waals surface area contributed by atoms with Crippen LogP contribution in [0.15, 0.2) is 40.2 Å². The first kappa shape index (κ1) is 17.7. The minimum Gasteiger partial charge on any atom is -0.318 e. The molecule has 0 atom stereocenters. The fourth-order valence-electron chi connectivity index (χ4n) is 2.98. The van der Waals surface area contributed by atoms with Crippen molar-refractivity contribution in [3.63, 3.8) is 0 Å². The number of aromatic amines is 1. The number of hydrogen-bond acceptors (Lipinski definition) is 4. The topological polar surface area (TPSA) is 75.1 Å². The molecule has 3 aromatic rings. The van der Waals surface area contributed by atoms with Crippen molar-refractivity contribution in [1.29, 1.82) is 0 Å². The van der Waals surface area contributed by atoms with Crippen molar-refractivity contribution in [2.45, 2.75) is 34.6 Å². The van der Waals surface area contributed by atoms with Crippen molar-refractivity contribution in [1.82, 2.24) is 14.5 Å². The third-order valence-electron chi connectivity index (χ3n) is 4.46. The summed E-state index contributed by atoms with van der Waals surface area (Å²) in [6.45, 7) is 10.1. The molecule has 0 bridgehead atoms. The van der Waals surface area contributed by atoms with Gasteiger partial charge >= 0.3 is 0 Å². The minimum absolute atomic E-state index is 0.205. The molecule has 6 nitrogen and oxygen atoms in total. The average molecular weight is 349 g/mol. The zero-order valence-corrected chi connectivity index (χ0v) is 15.7. The molecule has 0 aliphatic rings. The van der Waals surface area contributed by atoms with E-state index in [-0.39, 0.29) is 5.56 Å². The normalized spacial score (nSPS) is 11.3. The molecule has 2 aromatic heterocycles. The van der Waals surface area contributed by atoms with Gasteiger partial charge < -0.3 is 4.57 Å². The van der Waals surface area contributed by atoms with Gasteiger partial charge in [-0.3, -0.25) is 9.78 Å². The largest absolute Gasteiger partial charge is 0.318 e. The number of aromatic nitrogens is 3. The zero-order chi connectivity index (χ0) is 18.8. The molecule has 26 heavy (non-hydrogen) atoms. The lowest BCUT2D eigenvalue weighted by Crippen LogP contribution is -2.10. The molecule has 0 saturated heterocycles. The van der Waals surface area contributed by atoms with Crippen molar-refractivity contribution in [3.8, 4) is 5.69 Å². The zero-order valence-electron chi connectivity index (χ0n) is 15.7. The first-order chi connectivity index (χ1) is 12.3. The Balaban J connectivity index is 1.87. The van der Waals surface area contributed by atoms with Gasteiger partial charge in [-0.25, -0.2) is 10.4 Å². The molecular weight excluding hydrogens is 326 g/mol. The van der Waals surface area contributed by atoms with Crippen molar-refractivity contribution < 1.29 is 0 Å². The molecule has 6 heteroatoms. The Morgan fingerprint density at radius 3 is 2.54 bits per heavy atom. The van der Waals surface area contributed by atoms with Crippen molar-refractivity contribution in [3.05, 3.63) is 74.5 Å². The SMILES string of the molecule is Cc1cc(=O)[nH]c(N/N=C\c2cc(C)n(-c3ccc(C)c(C)c3)c2C)n1. The number of aryl methyl sites for hydroxylation is 4. The predicted octanol–water partition coefficient (Wildman–Crippen LogP) is 3.55. The summed E-state index contributed by atoms with van der Waals surface area (Å²) in [5.74, 6) is 0.328. The summed E-state index contributed by atoms with van der Waals surface area (Å²) in [6.07, 6.45) is 1.74. The number of anilines is 1. The Labute approximate surface area is 152 Å². The Hall–Kier alpha value is -3.15. The van der Waals surface area contributed by atoms with E-state index < -0.39 is 0 Å². The summed E-state index contributed by atoms with van der Waals surface area (Å²) in [5, 5.41) is 4.21. The molecule has 3 rings (SSSR count). The second kappa shape index (κ2) is 7.00. The first-order valence-corrected chi connectivity index (χ1v) is 8.49. The summed E-state index contributed by atoms with van der Waals surface area (Å²) >= 11 is 0. The number of benzene rings is 1. The molecule has 0 aliphatic carbocycles. The van der Waals surface area contributed by atoms with E-state index in [0.717, 1.165) is 22.6 Å². The summed E-state index contributed by atoms with van der Waals surface area (Å²) in [7, 11) is 0. The Kier molecular flexibility index (Phi) is 4.75. The van der Waals surface area contributed by atoms with Crippen LogP contribution in [0.5, 0.6) is 0 Å². The lowest BCUT2D eigenvalue weighted by Gasteiger charge is -2.11. The molecule has 134 valence electrons. The fourth-order valence-corrected chi connectivity index (χ4v) is 2.98. The fraction of sp³-hybridized carbons (Fsp3) is 0.250. The van der Waals surface area contributed by atoms with Crippen LogP contribution in [0.4, 0.5) is 5.95 Å². The summed E-state index contributed by atoms with van der Waals surface area (Å²) in [5.41, 5.74) is 10.1. The van der Waals surface area contributed by atoms with Gasteiger partial charge in [-0.05, 0) is 63.9 Å². The Bertz CT molecular complexity index is 1040. The van der Waals surface area contributed by atoms with Gasteiger partial charge in [0.15, 0.2) is 0 Å². The number of nitrogens with one attached hydrogen (secondary N) is 2. The maximum atomic E-state index is 11.5. The van der Waals surface area contributed by atoms with Crippen LogP contribution >= 0.6 is 0 Å². The minimum atomic E-state index is -0.205. The lowest BCUT2D eigenvalue weighted by molar-refractivity contribution is 0.961. The quantitative estimate of drug-likeness (QED) is 0.559. The smallest absolute Gasteiger partial charge is 0.252 e. The summed E-state index contributed by atoms with van der Waals surface area (Å²) in [6, 6.07) is 9.98.